The van der Waals surface area contributed by atoms with Gasteiger partial charge in [0.05, 0.1) is 0 Å². The first kappa shape index (κ1) is 15.0. The highest BCUT2D eigenvalue weighted by Gasteiger charge is 2.32. The molecular weight excluding hydrogens is 226 g/mol. The number of carbonyl (C=O) groups excluding carboxylic acids is 3. The van der Waals surface area contributed by atoms with E-state index < -0.39 is 23.4 Å². The smallest absolute Gasteiger partial charge is 0.302 e. The maximum atomic E-state index is 11.0. The first-order valence-corrected chi connectivity index (χ1v) is 4.84. The molecule has 0 heterocycles. The van der Waals surface area contributed by atoms with Crippen LogP contribution in [0.25, 0.3) is 0 Å². The van der Waals surface area contributed by atoms with Crippen molar-refractivity contribution >= 4 is 17.8 Å². The molecule has 0 fully saturated rings. The Balaban J connectivity index is 4.74. The Morgan fingerprint density at radius 2 is 1.53 bits per heavy atom. The molecule has 0 bridgehead atoms. The van der Waals surface area contributed by atoms with Crippen LogP contribution in [0.1, 0.15) is 20.8 Å². The molecule has 1 N–H and O–H groups in total. The SMILES string of the molecule is C#CC(COC(C)=O)(COC(C)=O)NC(C)=O. The monoisotopic (exact) mass is 241 g/mol. The fourth-order valence-corrected chi connectivity index (χ4v) is 1.02. The molecule has 0 aliphatic carbocycles. The van der Waals surface area contributed by atoms with Crippen LogP contribution in [0.2, 0.25) is 0 Å². The van der Waals surface area contributed by atoms with Gasteiger partial charge >= 0.3 is 11.9 Å². The topological polar surface area (TPSA) is 81.7 Å². The molecule has 17 heavy (non-hydrogen) atoms. The molecule has 0 aromatic rings. The second-order valence-corrected chi connectivity index (χ2v) is 3.47. The molecule has 0 unspecified atom stereocenters. The van der Waals surface area contributed by atoms with Crippen LogP contribution in [0.5, 0.6) is 0 Å². The Labute approximate surface area is 99.6 Å². The number of ether oxygens (including phenoxy) is 2. The largest absolute Gasteiger partial charge is 0.462 e. The summed E-state index contributed by atoms with van der Waals surface area (Å²) in [7, 11) is 0. The number of hydrogen-bond donors (Lipinski definition) is 1. The van der Waals surface area contributed by atoms with Crippen molar-refractivity contribution in [1.29, 1.82) is 0 Å². The lowest BCUT2D eigenvalue weighted by Crippen LogP contribution is -2.54. The molecular formula is C11H15NO5. The van der Waals surface area contributed by atoms with Gasteiger partial charge in [-0.2, -0.15) is 0 Å². The molecule has 6 nitrogen and oxygen atoms in total. The maximum Gasteiger partial charge on any atom is 0.302 e. The lowest BCUT2D eigenvalue weighted by Gasteiger charge is -2.27. The van der Waals surface area contributed by atoms with E-state index in [-0.39, 0.29) is 13.2 Å². The van der Waals surface area contributed by atoms with Crippen LogP contribution in [0.15, 0.2) is 0 Å². The van der Waals surface area contributed by atoms with Gasteiger partial charge in [0.2, 0.25) is 5.91 Å². The lowest BCUT2D eigenvalue weighted by atomic mass is 10.0. The van der Waals surface area contributed by atoms with E-state index in [1.807, 2.05) is 0 Å². The normalized spacial score (nSPS) is 10.0. The number of hydrogen-bond acceptors (Lipinski definition) is 5. The van der Waals surface area contributed by atoms with Gasteiger partial charge in [-0.1, -0.05) is 5.92 Å². The van der Waals surface area contributed by atoms with Gasteiger partial charge in [-0.05, 0) is 0 Å². The molecule has 0 aromatic carbocycles. The Morgan fingerprint density at radius 3 is 1.76 bits per heavy atom. The number of nitrogens with one attached hydrogen (secondary N) is 1. The van der Waals surface area contributed by atoms with E-state index in [1.165, 1.54) is 20.8 Å². The third kappa shape index (κ3) is 6.20. The van der Waals surface area contributed by atoms with Crippen molar-refractivity contribution in [3.63, 3.8) is 0 Å². The molecule has 0 aromatic heterocycles. The van der Waals surface area contributed by atoms with Gasteiger partial charge in [0, 0.05) is 20.8 Å². The molecule has 1 amide bonds. The van der Waals surface area contributed by atoms with Gasteiger partial charge in [0.25, 0.3) is 0 Å². The summed E-state index contributed by atoms with van der Waals surface area (Å²) in [6, 6.07) is 0. The Morgan fingerprint density at radius 1 is 1.12 bits per heavy atom. The predicted octanol–water partition coefficient (Wildman–Crippen LogP) is -0.379. The minimum atomic E-state index is -1.33. The van der Waals surface area contributed by atoms with E-state index in [1.54, 1.807) is 0 Å². The number of amides is 1. The van der Waals surface area contributed by atoms with Crippen molar-refractivity contribution < 1.29 is 23.9 Å². The van der Waals surface area contributed by atoms with Gasteiger partial charge < -0.3 is 14.8 Å². The fourth-order valence-electron chi connectivity index (χ4n) is 1.02. The molecule has 0 aliphatic rings. The summed E-state index contributed by atoms with van der Waals surface area (Å²) in [6.07, 6.45) is 5.28. The lowest BCUT2D eigenvalue weighted by molar-refractivity contribution is -0.148. The van der Waals surface area contributed by atoms with E-state index in [0.717, 1.165) is 0 Å². The molecule has 0 saturated heterocycles. The first-order valence-electron chi connectivity index (χ1n) is 4.84. The van der Waals surface area contributed by atoms with E-state index in [9.17, 15) is 14.4 Å². The van der Waals surface area contributed by atoms with Crippen LogP contribution < -0.4 is 5.32 Å². The fraction of sp³-hybridized carbons (Fsp3) is 0.545. The number of carbonyl (C=O) groups is 3. The molecule has 0 radical (unpaired) electrons. The number of terminal acetylenes is 1. The van der Waals surface area contributed by atoms with Crippen LogP contribution in [0, 0.1) is 12.3 Å². The zero-order valence-electron chi connectivity index (χ0n) is 10.0. The minimum absolute atomic E-state index is 0.258. The molecule has 0 spiro atoms. The highest BCUT2D eigenvalue weighted by atomic mass is 16.5. The van der Waals surface area contributed by atoms with Crippen molar-refractivity contribution in [3.8, 4) is 12.3 Å². The number of esters is 2. The highest BCUT2D eigenvalue weighted by Crippen LogP contribution is 2.06. The van der Waals surface area contributed by atoms with E-state index in [4.69, 9.17) is 15.9 Å². The standard InChI is InChI=1S/C11H15NO5/c1-5-11(12-8(2)13,6-16-9(3)14)7-17-10(4)15/h1H,6-7H2,2-4H3,(H,12,13). The second-order valence-electron chi connectivity index (χ2n) is 3.47. The van der Waals surface area contributed by atoms with Gasteiger partial charge in [-0.25, -0.2) is 0 Å². The van der Waals surface area contributed by atoms with Crippen LogP contribution in [0.3, 0.4) is 0 Å². The zero-order valence-corrected chi connectivity index (χ0v) is 10.0. The Hall–Kier alpha value is -2.03. The first-order chi connectivity index (χ1) is 7.81. The third-order valence-electron chi connectivity index (χ3n) is 1.74. The maximum absolute atomic E-state index is 11.0. The summed E-state index contributed by atoms with van der Waals surface area (Å²) >= 11 is 0. The van der Waals surface area contributed by atoms with Gasteiger partial charge in [-0.15, -0.1) is 6.42 Å². The molecule has 94 valence electrons. The summed E-state index contributed by atoms with van der Waals surface area (Å²) in [5.74, 6) is 0.769. The number of rotatable bonds is 5. The van der Waals surface area contributed by atoms with Crippen LogP contribution in [-0.2, 0) is 23.9 Å². The summed E-state index contributed by atoms with van der Waals surface area (Å²) in [5.41, 5.74) is -1.33. The van der Waals surface area contributed by atoms with Gasteiger partial charge in [0.1, 0.15) is 13.2 Å². The van der Waals surface area contributed by atoms with E-state index in [2.05, 4.69) is 11.2 Å². The average molecular weight is 241 g/mol. The quantitative estimate of drug-likeness (QED) is 0.524. The predicted molar refractivity (Wildman–Crippen MR) is 58.6 cm³/mol. The molecule has 0 rings (SSSR count). The van der Waals surface area contributed by atoms with Gasteiger partial charge in [0.15, 0.2) is 5.54 Å². The summed E-state index contributed by atoms with van der Waals surface area (Å²) in [6.45, 7) is 3.16. The van der Waals surface area contributed by atoms with Crippen molar-refractivity contribution in [3.05, 3.63) is 0 Å². The van der Waals surface area contributed by atoms with E-state index >= 15 is 0 Å². The van der Waals surface area contributed by atoms with Crippen molar-refractivity contribution in [2.24, 2.45) is 0 Å². The van der Waals surface area contributed by atoms with E-state index in [0.29, 0.717) is 0 Å². The Bertz CT molecular complexity index is 337. The van der Waals surface area contributed by atoms with Crippen LogP contribution >= 0.6 is 0 Å². The van der Waals surface area contributed by atoms with Crippen molar-refractivity contribution in [2.75, 3.05) is 13.2 Å². The third-order valence-corrected chi connectivity index (χ3v) is 1.74. The summed E-state index contributed by atoms with van der Waals surface area (Å²) in [4.78, 5) is 32.5. The average Bonchev–Trinajstić information content (AvgIpc) is 2.21. The Kier molecular flexibility index (Phi) is 5.75. The van der Waals surface area contributed by atoms with Crippen molar-refractivity contribution in [2.45, 2.75) is 26.3 Å². The van der Waals surface area contributed by atoms with Gasteiger partial charge in [-0.3, -0.25) is 14.4 Å². The van der Waals surface area contributed by atoms with Crippen LogP contribution in [-0.4, -0.2) is 36.6 Å². The minimum Gasteiger partial charge on any atom is -0.462 e. The molecule has 0 atom stereocenters. The summed E-state index contributed by atoms with van der Waals surface area (Å²) in [5, 5.41) is 2.42. The molecule has 0 aliphatic heterocycles. The molecule has 6 heteroatoms. The molecule has 0 saturated carbocycles. The summed E-state index contributed by atoms with van der Waals surface area (Å²) < 4.78 is 9.49. The zero-order chi connectivity index (χ0) is 13.5. The van der Waals surface area contributed by atoms with Crippen LogP contribution in [0.4, 0.5) is 0 Å². The highest BCUT2D eigenvalue weighted by molar-refractivity contribution is 5.75. The second kappa shape index (κ2) is 6.53. The van der Waals surface area contributed by atoms with Crippen molar-refractivity contribution in [1.82, 2.24) is 5.32 Å².